The highest BCUT2D eigenvalue weighted by Crippen LogP contribution is 2.35. The lowest BCUT2D eigenvalue weighted by Gasteiger charge is -2.23. The number of rotatable bonds is 4. The van der Waals surface area contributed by atoms with Crippen LogP contribution in [0.1, 0.15) is 37.1 Å². The largest absolute Gasteiger partial charge is 0.260 e. The van der Waals surface area contributed by atoms with Crippen molar-refractivity contribution in [3.05, 3.63) is 59.9 Å². The normalized spacial score (nSPS) is 19.4. The molecule has 0 saturated carbocycles. The maximum atomic E-state index is 12.9. The zero-order valence-electron chi connectivity index (χ0n) is 12.6. The average Bonchev–Trinajstić information content (AvgIpc) is 3.06. The summed E-state index contributed by atoms with van der Waals surface area (Å²) in [6.07, 6.45) is 4.31. The van der Waals surface area contributed by atoms with Crippen LogP contribution in [0.2, 0.25) is 0 Å². The number of hydrogen-bond acceptors (Lipinski definition) is 3. The number of aromatic nitrogens is 1. The molecule has 1 fully saturated rings. The van der Waals surface area contributed by atoms with Gasteiger partial charge in [-0.15, -0.1) is 0 Å². The molecule has 1 aromatic carbocycles. The summed E-state index contributed by atoms with van der Waals surface area (Å²) in [6, 6.07) is 12.7. The zero-order chi connectivity index (χ0) is 15.6. The van der Waals surface area contributed by atoms with Gasteiger partial charge in [0.05, 0.1) is 16.6 Å². The first-order chi connectivity index (χ1) is 10.6. The van der Waals surface area contributed by atoms with E-state index in [1.807, 2.05) is 30.3 Å². The first-order valence-electron chi connectivity index (χ1n) is 7.64. The maximum Gasteiger partial charge on any atom is 0.243 e. The van der Waals surface area contributed by atoms with Crippen molar-refractivity contribution in [1.82, 2.24) is 9.29 Å². The Morgan fingerprint density at radius 2 is 1.95 bits per heavy atom. The van der Waals surface area contributed by atoms with Crippen LogP contribution in [0.25, 0.3) is 0 Å². The molecule has 116 valence electrons. The van der Waals surface area contributed by atoms with Gasteiger partial charge in [0.1, 0.15) is 0 Å². The minimum absolute atomic E-state index is 0.156. The molecule has 1 aromatic heterocycles. The zero-order valence-corrected chi connectivity index (χ0v) is 13.5. The van der Waals surface area contributed by atoms with Crippen LogP contribution in [-0.2, 0) is 16.4 Å². The van der Waals surface area contributed by atoms with E-state index in [1.54, 1.807) is 22.6 Å². The van der Waals surface area contributed by atoms with Gasteiger partial charge in [-0.2, -0.15) is 4.31 Å². The minimum Gasteiger partial charge on any atom is -0.260 e. The lowest BCUT2D eigenvalue weighted by molar-refractivity contribution is 0.390. The SMILES string of the molecule is CCc1ccc(S(=O)(=O)N2CCCC2c2ccccn2)cc1. The molecule has 1 aliphatic rings. The van der Waals surface area contributed by atoms with E-state index in [0.717, 1.165) is 30.5 Å². The third kappa shape index (κ3) is 2.78. The standard InChI is InChI=1S/C17H20N2O2S/c1-2-14-8-10-15(11-9-14)22(20,21)19-13-5-7-17(19)16-6-3-4-12-18-16/h3-4,6,8-12,17H,2,5,7,13H2,1H3. The van der Waals surface area contributed by atoms with Gasteiger partial charge < -0.3 is 0 Å². The third-order valence-corrected chi connectivity index (χ3v) is 6.09. The average molecular weight is 316 g/mol. The maximum absolute atomic E-state index is 12.9. The number of pyridine rings is 1. The number of aryl methyl sites for hydroxylation is 1. The molecule has 4 nitrogen and oxygen atoms in total. The van der Waals surface area contributed by atoms with E-state index < -0.39 is 10.0 Å². The fourth-order valence-electron chi connectivity index (χ4n) is 2.93. The second-order valence-electron chi connectivity index (χ2n) is 5.53. The van der Waals surface area contributed by atoms with Gasteiger partial charge in [-0.1, -0.05) is 25.1 Å². The van der Waals surface area contributed by atoms with Gasteiger partial charge in [0, 0.05) is 12.7 Å². The quantitative estimate of drug-likeness (QED) is 0.870. The van der Waals surface area contributed by atoms with Gasteiger partial charge in [-0.3, -0.25) is 4.98 Å². The fraction of sp³-hybridized carbons (Fsp3) is 0.353. The van der Waals surface area contributed by atoms with E-state index in [2.05, 4.69) is 11.9 Å². The molecule has 1 unspecified atom stereocenters. The van der Waals surface area contributed by atoms with E-state index in [0.29, 0.717) is 11.4 Å². The van der Waals surface area contributed by atoms with Crippen LogP contribution in [0.4, 0.5) is 0 Å². The summed E-state index contributed by atoms with van der Waals surface area (Å²) in [5.41, 5.74) is 1.97. The van der Waals surface area contributed by atoms with Crippen LogP contribution in [-0.4, -0.2) is 24.3 Å². The lowest BCUT2D eigenvalue weighted by Crippen LogP contribution is -2.31. The Balaban J connectivity index is 1.93. The van der Waals surface area contributed by atoms with Crippen molar-refractivity contribution >= 4 is 10.0 Å². The molecule has 5 heteroatoms. The van der Waals surface area contributed by atoms with Gasteiger partial charge in [0.2, 0.25) is 10.0 Å². The van der Waals surface area contributed by atoms with Crippen LogP contribution in [0.15, 0.2) is 53.6 Å². The van der Waals surface area contributed by atoms with Gasteiger partial charge >= 0.3 is 0 Å². The van der Waals surface area contributed by atoms with Crippen molar-refractivity contribution in [3.8, 4) is 0 Å². The van der Waals surface area contributed by atoms with Crippen LogP contribution >= 0.6 is 0 Å². The molecular weight excluding hydrogens is 296 g/mol. The Morgan fingerprint density at radius 3 is 2.59 bits per heavy atom. The number of benzene rings is 1. The van der Waals surface area contributed by atoms with Gasteiger partial charge in [0.25, 0.3) is 0 Å². The molecule has 2 heterocycles. The molecule has 0 spiro atoms. The van der Waals surface area contributed by atoms with Crippen molar-refractivity contribution in [2.75, 3.05) is 6.54 Å². The summed E-state index contributed by atoms with van der Waals surface area (Å²) >= 11 is 0. The highest BCUT2D eigenvalue weighted by Gasteiger charge is 2.36. The Kier molecular flexibility index (Phi) is 4.27. The molecule has 0 bridgehead atoms. The molecular formula is C17H20N2O2S. The van der Waals surface area contributed by atoms with Crippen LogP contribution in [0.3, 0.4) is 0 Å². The Bertz CT molecular complexity index is 727. The third-order valence-electron chi connectivity index (χ3n) is 4.17. The summed E-state index contributed by atoms with van der Waals surface area (Å²) in [4.78, 5) is 4.71. The van der Waals surface area contributed by atoms with E-state index >= 15 is 0 Å². The van der Waals surface area contributed by atoms with Gasteiger partial charge in [-0.25, -0.2) is 8.42 Å². The number of hydrogen-bond donors (Lipinski definition) is 0. The number of sulfonamides is 1. The van der Waals surface area contributed by atoms with Gasteiger partial charge in [-0.05, 0) is 49.1 Å². The monoisotopic (exact) mass is 316 g/mol. The molecule has 0 N–H and O–H groups in total. The molecule has 0 amide bonds. The Hall–Kier alpha value is -1.72. The van der Waals surface area contributed by atoms with E-state index in [4.69, 9.17) is 0 Å². The highest BCUT2D eigenvalue weighted by atomic mass is 32.2. The molecule has 2 aromatic rings. The van der Waals surface area contributed by atoms with Crippen LogP contribution < -0.4 is 0 Å². The first kappa shape index (κ1) is 15.2. The molecule has 0 aliphatic carbocycles. The number of nitrogens with zero attached hydrogens (tertiary/aromatic N) is 2. The predicted molar refractivity (Wildman–Crippen MR) is 85.9 cm³/mol. The van der Waals surface area contributed by atoms with Crippen LogP contribution in [0, 0.1) is 0 Å². The topological polar surface area (TPSA) is 50.3 Å². The molecule has 3 rings (SSSR count). The van der Waals surface area contributed by atoms with Crippen LogP contribution in [0.5, 0.6) is 0 Å². The second-order valence-corrected chi connectivity index (χ2v) is 7.42. The Labute approximate surface area is 131 Å². The van der Waals surface area contributed by atoms with Crippen molar-refractivity contribution in [1.29, 1.82) is 0 Å². The summed E-state index contributed by atoms with van der Waals surface area (Å²) in [5.74, 6) is 0. The highest BCUT2D eigenvalue weighted by molar-refractivity contribution is 7.89. The first-order valence-corrected chi connectivity index (χ1v) is 9.08. The lowest BCUT2D eigenvalue weighted by atomic mass is 10.1. The van der Waals surface area contributed by atoms with Crippen molar-refractivity contribution in [2.45, 2.75) is 37.1 Å². The smallest absolute Gasteiger partial charge is 0.243 e. The molecule has 1 atom stereocenters. The summed E-state index contributed by atoms with van der Waals surface area (Å²) < 4.78 is 27.4. The van der Waals surface area contributed by atoms with E-state index in [9.17, 15) is 8.42 Å². The summed E-state index contributed by atoms with van der Waals surface area (Å²) in [5, 5.41) is 0. The second kappa shape index (κ2) is 6.18. The van der Waals surface area contributed by atoms with Crippen molar-refractivity contribution in [3.63, 3.8) is 0 Å². The molecule has 1 aliphatic heterocycles. The minimum atomic E-state index is -3.47. The summed E-state index contributed by atoms with van der Waals surface area (Å²) in [6.45, 7) is 2.61. The summed E-state index contributed by atoms with van der Waals surface area (Å²) in [7, 11) is -3.47. The van der Waals surface area contributed by atoms with E-state index in [1.165, 1.54) is 0 Å². The molecule has 22 heavy (non-hydrogen) atoms. The van der Waals surface area contributed by atoms with Crippen molar-refractivity contribution < 1.29 is 8.42 Å². The predicted octanol–water partition coefficient (Wildman–Crippen LogP) is 3.17. The van der Waals surface area contributed by atoms with E-state index in [-0.39, 0.29) is 6.04 Å². The molecule has 1 saturated heterocycles. The Morgan fingerprint density at radius 1 is 1.18 bits per heavy atom. The van der Waals surface area contributed by atoms with Crippen molar-refractivity contribution in [2.24, 2.45) is 0 Å². The fourth-order valence-corrected chi connectivity index (χ4v) is 4.60. The molecule has 0 radical (unpaired) electrons. The van der Waals surface area contributed by atoms with Gasteiger partial charge in [0.15, 0.2) is 0 Å².